The van der Waals surface area contributed by atoms with Crippen LogP contribution in [-0.4, -0.2) is 53.0 Å². The van der Waals surface area contributed by atoms with Crippen molar-refractivity contribution in [2.75, 3.05) is 32.3 Å². The predicted octanol–water partition coefficient (Wildman–Crippen LogP) is 0.0181. The summed E-state index contributed by atoms with van der Waals surface area (Å²) < 4.78 is 32.7. The van der Waals surface area contributed by atoms with Gasteiger partial charge in [0.2, 0.25) is 0 Å². The Morgan fingerprint density at radius 3 is 2.44 bits per heavy atom. The van der Waals surface area contributed by atoms with E-state index in [1.165, 1.54) is 0 Å². The molecule has 0 aromatic heterocycles. The van der Waals surface area contributed by atoms with Gasteiger partial charge in [0.25, 0.3) is 0 Å². The van der Waals surface area contributed by atoms with Gasteiger partial charge >= 0.3 is 0 Å². The quantitative estimate of drug-likeness (QED) is 0.674. The molecule has 1 rings (SSSR count). The lowest BCUT2D eigenvalue weighted by Gasteiger charge is -2.23. The van der Waals surface area contributed by atoms with Gasteiger partial charge in [0.1, 0.15) is 0 Å². The lowest BCUT2D eigenvalue weighted by molar-refractivity contribution is -0.119. The molecule has 0 saturated carbocycles. The summed E-state index contributed by atoms with van der Waals surface area (Å²) in [6.07, 6.45) is 0.463. The van der Waals surface area contributed by atoms with Crippen LogP contribution in [0.3, 0.4) is 0 Å². The van der Waals surface area contributed by atoms with Crippen molar-refractivity contribution in [3.8, 4) is 0 Å². The monoisotopic (exact) mass is 251 g/mol. The molecule has 0 radical (unpaired) electrons. The van der Waals surface area contributed by atoms with Gasteiger partial charge in [-0.1, -0.05) is 0 Å². The molecule has 1 heterocycles. The molecule has 0 aromatic rings. The summed E-state index contributed by atoms with van der Waals surface area (Å²) in [6, 6.07) is 0.0540. The summed E-state index contributed by atoms with van der Waals surface area (Å²) in [5.74, 6) is 0.852. The molecule has 1 N–H and O–H groups in total. The minimum absolute atomic E-state index is 0.0540. The minimum Gasteiger partial charge on any atom is -0.354 e. The number of methoxy groups -OCH3 is 2. The van der Waals surface area contributed by atoms with E-state index in [0.29, 0.717) is 18.1 Å². The van der Waals surface area contributed by atoms with Crippen LogP contribution in [0.4, 0.5) is 0 Å². The molecule has 0 spiro atoms. The highest BCUT2D eigenvalue weighted by Crippen LogP contribution is 2.17. The molecule has 0 bridgehead atoms. The number of rotatable bonds is 6. The molecular weight excluding hydrogens is 230 g/mol. The summed E-state index contributed by atoms with van der Waals surface area (Å²) in [5.41, 5.74) is 0. The Hall–Kier alpha value is -0.170. The fourth-order valence-electron chi connectivity index (χ4n) is 1.99. The number of hydrogen-bond donors (Lipinski definition) is 1. The first kappa shape index (κ1) is 13.9. The van der Waals surface area contributed by atoms with E-state index in [1.807, 2.05) is 6.92 Å². The van der Waals surface area contributed by atoms with Crippen LogP contribution in [0.1, 0.15) is 13.3 Å². The molecule has 16 heavy (non-hydrogen) atoms. The Labute approximate surface area is 97.4 Å². The topological polar surface area (TPSA) is 64.6 Å². The molecule has 2 unspecified atom stereocenters. The van der Waals surface area contributed by atoms with Crippen LogP contribution in [0, 0.1) is 5.92 Å². The Kier molecular flexibility index (Phi) is 5.17. The van der Waals surface area contributed by atoms with Crippen molar-refractivity contribution >= 4 is 9.84 Å². The SMILES string of the molecule is COC(OC)C(C)NCC1CCS(=O)(=O)C1. The van der Waals surface area contributed by atoms with Crippen LogP contribution in [0.5, 0.6) is 0 Å². The van der Waals surface area contributed by atoms with Gasteiger partial charge in [-0.25, -0.2) is 8.42 Å². The fraction of sp³-hybridized carbons (Fsp3) is 1.00. The van der Waals surface area contributed by atoms with Crippen LogP contribution < -0.4 is 5.32 Å². The van der Waals surface area contributed by atoms with E-state index in [2.05, 4.69) is 5.32 Å². The molecular formula is C10H21NO4S. The second-order valence-corrected chi connectivity index (χ2v) is 6.53. The van der Waals surface area contributed by atoms with Gasteiger partial charge in [0.05, 0.1) is 17.5 Å². The second kappa shape index (κ2) is 5.95. The van der Waals surface area contributed by atoms with Crippen molar-refractivity contribution in [1.29, 1.82) is 0 Å². The molecule has 6 heteroatoms. The van der Waals surface area contributed by atoms with Gasteiger partial charge < -0.3 is 14.8 Å². The molecule has 2 atom stereocenters. The molecule has 1 aliphatic rings. The number of ether oxygens (including phenoxy) is 2. The van der Waals surface area contributed by atoms with Crippen molar-refractivity contribution < 1.29 is 17.9 Å². The average Bonchev–Trinajstić information content (AvgIpc) is 2.57. The van der Waals surface area contributed by atoms with Crippen LogP contribution >= 0.6 is 0 Å². The minimum atomic E-state index is -2.78. The highest BCUT2D eigenvalue weighted by Gasteiger charge is 2.28. The third-order valence-corrected chi connectivity index (χ3v) is 4.77. The highest BCUT2D eigenvalue weighted by molar-refractivity contribution is 7.91. The summed E-state index contributed by atoms with van der Waals surface area (Å²) in [5, 5.41) is 3.25. The molecule has 5 nitrogen and oxygen atoms in total. The van der Waals surface area contributed by atoms with E-state index in [9.17, 15) is 8.42 Å². The molecule has 0 aliphatic carbocycles. The summed E-state index contributed by atoms with van der Waals surface area (Å²) >= 11 is 0. The van der Waals surface area contributed by atoms with Gasteiger partial charge in [0, 0.05) is 14.2 Å². The van der Waals surface area contributed by atoms with E-state index >= 15 is 0 Å². The van der Waals surface area contributed by atoms with E-state index < -0.39 is 9.84 Å². The molecule has 96 valence electrons. The third kappa shape index (κ3) is 4.01. The van der Waals surface area contributed by atoms with Crippen molar-refractivity contribution in [2.24, 2.45) is 5.92 Å². The van der Waals surface area contributed by atoms with Crippen LogP contribution in [0.25, 0.3) is 0 Å². The summed E-state index contributed by atoms with van der Waals surface area (Å²) in [7, 11) is 0.402. The van der Waals surface area contributed by atoms with Crippen LogP contribution in [0.15, 0.2) is 0 Å². The number of hydrogen-bond acceptors (Lipinski definition) is 5. The first-order chi connectivity index (χ1) is 7.48. The van der Waals surface area contributed by atoms with Gasteiger partial charge in [-0.2, -0.15) is 0 Å². The second-order valence-electron chi connectivity index (χ2n) is 4.31. The zero-order valence-corrected chi connectivity index (χ0v) is 10.9. The number of nitrogens with one attached hydrogen (secondary N) is 1. The Balaban J connectivity index is 2.30. The number of sulfone groups is 1. The smallest absolute Gasteiger partial charge is 0.171 e. The first-order valence-electron chi connectivity index (χ1n) is 5.48. The van der Waals surface area contributed by atoms with E-state index in [0.717, 1.165) is 6.42 Å². The summed E-state index contributed by atoms with van der Waals surface area (Å²) in [4.78, 5) is 0. The van der Waals surface area contributed by atoms with Crippen LogP contribution in [-0.2, 0) is 19.3 Å². The van der Waals surface area contributed by atoms with Gasteiger partial charge in [-0.05, 0) is 25.8 Å². The zero-order chi connectivity index (χ0) is 12.2. The third-order valence-electron chi connectivity index (χ3n) is 2.93. The molecule has 1 saturated heterocycles. The van der Waals surface area contributed by atoms with E-state index in [-0.39, 0.29) is 18.2 Å². The normalized spacial score (nSPS) is 26.1. The maximum Gasteiger partial charge on any atom is 0.171 e. The maximum atomic E-state index is 11.3. The standard InChI is InChI=1S/C10H21NO4S/c1-8(10(14-2)15-3)11-6-9-4-5-16(12,13)7-9/h8-11H,4-7H2,1-3H3. The Morgan fingerprint density at radius 1 is 1.38 bits per heavy atom. The van der Waals surface area contributed by atoms with Crippen molar-refractivity contribution in [3.63, 3.8) is 0 Å². The van der Waals surface area contributed by atoms with Gasteiger partial charge in [0.15, 0.2) is 16.1 Å². The molecule has 0 aromatic carbocycles. The first-order valence-corrected chi connectivity index (χ1v) is 7.30. The average molecular weight is 251 g/mol. The fourth-order valence-corrected chi connectivity index (χ4v) is 3.85. The molecule has 0 amide bonds. The largest absolute Gasteiger partial charge is 0.354 e. The highest BCUT2D eigenvalue weighted by atomic mass is 32.2. The maximum absolute atomic E-state index is 11.3. The van der Waals surface area contributed by atoms with Crippen molar-refractivity contribution in [2.45, 2.75) is 25.7 Å². The zero-order valence-electron chi connectivity index (χ0n) is 10.1. The molecule has 1 fully saturated rings. The van der Waals surface area contributed by atoms with Gasteiger partial charge in [-0.3, -0.25) is 0 Å². The van der Waals surface area contributed by atoms with E-state index in [1.54, 1.807) is 14.2 Å². The lowest BCUT2D eigenvalue weighted by Crippen LogP contribution is -2.42. The lowest BCUT2D eigenvalue weighted by atomic mass is 10.1. The van der Waals surface area contributed by atoms with Gasteiger partial charge in [-0.15, -0.1) is 0 Å². The van der Waals surface area contributed by atoms with Crippen LogP contribution in [0.2, 0.25) is 0 Å². The predicted molar refractivity (Wildman–Crippen MR) is 62.0 cm³/mol. The molecule has 1 aliphatic heterocycles. The van der Waals surface area contributed by atoms with E-state index in [4.69, 9.17) is 9.47 Å². The summed E-state index contributed by atoms with van der Waals surface area (Å²) in [6.45, 7) is 2.66. The van der Waals surface area contributed by atoms with Crippen molar-refractivity contribution in [1.82, 2.24) is 5.32 Å². The van der Waals surface area contributed by atoms with Crippen molar-refractivity contribution in [3.05, 3.63) is 0 Å². The Bertz CT molecular complexity index is 300. The Morgan fingerprint density at radius 2 is 2.00 bits per heavy atom.